The molecule has 0 bridgehead atoms. The molecule has 3 nitrogen and oxygen atoms in total. The van der Waals surface area contributed by atoms with Crippen LogP contribution in [0.5, 0.6) is 0 Å². The van der Waals surface area contributed by atoms with Crippen LogP contribution in [0.4, 0.5) is 11.4 Å². The van der Waals surface area contributed by atoms with E-state index >= 15 is 0 Å². The summed E-state index contributed by atoms with van der Waals surface area (Å²) < 4.78 is 6.48. The van der Waals surface area contributed by atoms with Gasteiger partial charge in [-0.15, -0.1) is 0 Å². The second-order valence-electron chi connectivity index (χ2n) is 8.60. The molecule has 0 radical (unpaired) electrons. The highest BCUT2D eigenvalue weighted by atomic mass is 32.2. The van der Waals surface area contributed by atoms with E-state index in [1.807, 2.05) is 12.1 Å². The van der Waals surface area contributed by atoms with Crippen LogP contribution in [-0.4, -0.2) is 21.9 Å². The van der Waals surface area contributed by atoms with Crippen molar-refractivity contribution in [1.82, 2.24) is 0 Å². The third-order valence-electron chi connectivity index (χ3n) is 4.68. The summed E-state index contributed by atoms with van der Waals surface area (Å²) in [6.07, 6.45) is 0. The fourth-order valence-electron chi connectivity index (χ4n) is 3.15. The van der Waals surface area contributed by atoms with Crippen molar-refractivity contribution in [3.8, 4) is 0 Å². The van der Waals surface area contributed by atoms with Gasteiger partial charge in [0, 0.05) is 16.8 Å². The van der Waals surface area contributed by atoms with E-state index in [2.05, 4.69) is 70.8 Å². The fourth-order valence-corrected chi connectivity index (χ4v) is 5.61. The first-order valence-electron chi connectivity index (χ1n) is 9.06. The summed E-state index contributed by atoms with van der Waals surface area (Å²) >= 11 is 1.76. The molecule has 0 spiro atoms. The maximum Gasteiger partial charge on any atom is 0.168 e. The second kappa shape index (κ2) is 7.04. The lowest BCUT2D eigenvalue weighted by Crippen LogP contribution is -2.29. The van der Waals surface area contributed by atoms with Crippen LogP contribution < -0.4 is 4.90 Å². The molecule has 0 atom stereocenters. The van der Waals surface area contributed by atoms with Gasteiger partial charge in [-0.1, -0.05) is 56.8 Å². The van der Waals surface area contributed by atoms with E-state index in [1.165, 1.54) is 16.1 Å². The van der Waals surface area contributed by atoms with Crippen molar-refractivity contribution in [2.45, 2.75) is 61.7 Å². The molecular formula is C21H29NO2SSi. The standard InChI is InChI=1S/C21H29NO2SSi/c1-20(2,3)26-24-21(4,5)15-10-8-12-17-19(15)25-18-14(13-23)9-7-11-16(18)22(17)6/h7-12,23H,13,26H2,1-6H3. The van der Waals surface area contributed by atoms with Gasteiger partial charge in [0.15, 0.2) is 9.76 Å². The number of benzene rings is 2. The summed E-state index contributed by atoms with van der Waals surface area (Å²) in [4.78, 5) is 4.60. The number of anilines is 2. The summed E-state index contributed by atoms with van der Waals surface area (Å²) in [5.41, 5.74) is 4.22. The minimum Gasteiger partial charge on any atom is -0.415 e. The van der Waals surface area contributed by atoms with Gasteiger partial charge in [-0.05, 0) is 42.1 Å². The van der Waals surface area contributed by atoms with E-state index in [0.717, 1.165) is 16.1 Å². The van der Waals surface area contributed by atoms with Gasteiger partial charge in [0.2, 0.25) is 0 Å². The molecule has 0 fully saturated rings. The lowest BCUT2D eigenvalue weighted by Gasteiger charge is -2.36. The Hall–Kier alpha value is -1.27. The normalized spacial score (nSPS) is 14.7. The molecule has 0 saturated heterocycles. The van der Waals surface area contributed by atoms with Gasteiger partial charge in [0.25, 0.3) is 0 Å². The lowest BCUT2D eigenvalue weighted by molar-refractivity contribution is 0.106. The molecule has 1 heterocycles. The first kappa shape index (κ1) is 19.5. The number of aliphatic hydroxyl groups excluding tert-OH is 1. The van der Waals surface area contributed by atoms with Gasteiger partial charge in [-0.25, -0.2) is 0 Å². The Morgan fingerprint density at radius 2 is 1.62 bits per heavy atom. The van der Waals surface area contributed by atoms with Gasteiger partial charge < -0.3 is 14.4 Å². The lowest BCUT2D eigenvalue weighted by atomic mass is 9.97. The first-order valence-corrected chi connectivity index (χ1v) is 11.2. The minimum atomic E-state index is -0.670. The molecule has 1 N–H and O–H groups in total. The summed E-state index contributed by atoms with van der Waals surface area (Å²) in [6.45, 7) is 11.2. The molecule has 0 aliphatic carbocycles. The quantitative estimate of drug-likeness (QED) is 0.751. The summed E-state index contributed by atoms with van der Waals surface area (Å²) in [5, 5.41) is 10.0. The average Bonchev–Trinajstić information content (AvgIpc) is 2.59. The van der Waals surface area contributed by atoms with Gasteiger partial charge in [-0.2, -0.15) is 0 Å². The predicted molar refractivity (Wildman–Crippen MR) is 113 cm³/mol. The summed E-state index contributed by atoms with van der Waals surface area (Å²) in [6, 6.07) is 12.6. The summed E-state index contributed by atoms with van der Waals surface area (Å²) in [7, 11) is 1.43. The van der Waals surface area contributed by atoms with Crippen molar-refractivity contribution in [3.63, 3.8) is 0 Å². The number of fused-ring (bicyclic) bond motifs is 2. The van der Waals surface area contributed by atoms with Crippen molar-refractivity contribution in [1.29, 1.82) is 0 Å². The number of hydrogen-bond acceptors (Lipinski definition) is 4. The highest BCUT2D eigenvalue weighted by Crippen LogP contribution is 2.52. The van der Waals surface area contributed by atoms with Crippen LogP contribution in [0.15, 0.2) is 46.2 Å². The molecule has 0 amide bonds. The Balaban J connectivity index is 2.05. The van der Waals surface area contributed by atoms with Crippen molar-refractivity contribution in [2.24, 2.45) is 0 Å². The molecule has 26 heavy (non-hydrogen) atoms. The van der Waals surface area contributed by atoms with Crippen LogP contribution in [0.3, 0.4) is 0 Å². The van der Waals surface area contributed by atoms with Gasteiger partial charge >= 0.3 is 0 Å². The molecule has 1 aliphatic heterocycles. The second-order valence-corrected chi connectivity index (χ2v) is 12.3. The third-order valence-corrected chi connectivity index (χ3v) is 7.72. The highest BCUT2D eigenvalue weighted by molar-refractivity contribution is 7.99. The number of hydrogen-bond donors (Lipinski definition) is 1. The minimum absolute atomic E-state index is 0.0539. The van der Waals surface area contributed by atoms with Crippen LogP contribution in [0, 0.1) is 0 Å². The molecule has 0 saturated carbocycles. The van der Waals surface area contributed by atoms with Crippen molar-refractivity contribution < 1.29 is 9.53 Å². The van der Waals surface area contributed by atoms with Crippen LogP contribution in [0.1, 0.15) is 45.7 Å². The number of rotatable bonds is 4. The van der Waals surface area contributed by atoms with Gasteiger partial charge in [0.05, 0.1) is 23.6 Å². The Morgan fingerprint density at radius 1 is 1.00 bits per heavy atom. The highest BCUT2D eigenvalue weighted by Gasteiger charge is 2.32. The molecule has 0 unspecified atom stereocenters. The van der Waals surface area contributed by atoms with E-state index in [0.29, 0.717) is 0 Å². The van der Waals surface area contributed by atoms with Gasteiger partial charge in [0.1, 0.15) is 0 Å². The largest absolute Gasteiger partial charge is 0.415 e. The third kappa shape index (κ3) is 3.72. The molecule has 2 aromatic rings. The van der Waals surface area contributed by atoms with E-state index < -0.39 is 9.76 Å². The maximum absolute atomic E-state index is 9.78. The topological polar surface area (TPSA) is 32.7 Å². The Labute approximate surface area is 163 Å². The molecule has 3 rings (SSSR count). The zero-order chi connectivity index (χ0) is 19.1. The average molecular weight is 388 g/mol. The predicted octanol–water partition coefficient (Wildman–Crippen LogP) is 4.97. The van der Waals surface area contributed by atoms with E-state index in [-0.39, 0.29) is 17.2 Å². The Morgan fingerprint density at radius 3 is 2.23 bits per heavy atom. The summed E-state index contributed by atoms with van der Waals surface area (Å²) in [5.74, 6) is 0. The van der Waals surface area contributed by atoms with E-state index in [9.17, 15) is 5.11 Å². The smallest absolute Gasteiger partial charge is 0.168 e. The monoisotopic (exact) mass is 387 g/mol. The fraction of sp³-hybridized carbons (Fsp3) is 0.429. The zero-order valence-corrected chi connectivity index (χ0v) is 18.8. The SMILES string of the molecule is CN1c2cccc(CO)c2Sc2c1cccc2C(C)(C)O[SiH2]C(C)(C)C. The molecule has 140 valence electrons. The van der Waals surface area contributed by atoms with Gasteiger partial charge in [-0.3, -0.25) is 0 Å². The number of aliphatic hydroxyl groups is 1. The van der Waals surface area contributed by atoms with Crippen molar-refractivity contribution in [2.75, 3.05) is 11.9 Å². The molecule has 1 aliphatic rings. The Bertz CT molecular complexity index is 814. The van der Waals surface area contributed by atoms with Crippen molar-refractivity contribution >= 4 is 32.9 Å². The molecular weight excluding hydrogens is 358 g/mol. The van der Waals surface area contributed by atoms with Crippen LogP contribution >= 0.6 is 11.8 Å². The molecule has 5 heteroatoms. The number of nitrogens with zero attached hydrogens (tertiary/aromatic N) is 1. The van der Waals surface area contributed by atoms with Crippen LogP contribution in [-0.2, 0) is 16.6 Å². The maximum atomic E-state index is 9.78. The van der Waals surface area contributed by atoms with Crippen molar-refractivity contribution in [3.05, 3.63) is 47.5 Å². The Kier molecular flexibility index (Phi) is 5.28. The first-order chi connectivity index (χ1) is 12.1. The zero-order valence-electron chi connectivity index (χ0n) is 16.6. The molecule has 0 aromatic heterocycles. The van der Waals surface area contributed by atoms with E-state index in [4.69, 9.17) is 4.43 Å². The molecule has 2 aromatic carbocycles. The van der Waals surface area contributed by atoms with Crippen LogP contribution in [0.2, 0.25) is 5.04 Å². The van der Waals surface area contributed by atoms with E-state index in [1.54, 1.807) is 11.8 Å². The van der Waals surface area contributed by atoms with Crippen LogP contribution in [0.25, 0.3) is 0 Å².